The number of sulfonamides is 1. The maximum absolute atomic E-state index is 12.0. The van der Waals surface area contributed by atoms with Crippen LogP contribution in [0.5, 0.6) is 0 Å². The molecule has 0 radical (unpaired) electrons. The zero-order chi connectivity index (χ0) is 16.0. The highest BCUT2D eigenvalue weighted by atomic mass is 32.2. The zero-order valence-electron chi connectivity index (χ0n) is 13.5. The van der Waals surface area contributed by atoms with Gasteiger partial charge in [-0.3, -0.25) is 0 Å². The van der Waals surface area contributed by atoms with Crippen molar-refractivity contribution in [3.63, 3.8) is 0 Å². The molecule has 0 unspecified atom stereocenters. The molecule has 0 aliphatic carbocycles. The van der Waals surface area contributed by atoms with E-state index >= 15 is 0 Å². The Morgan fingerprint density at radius 3 is 2.38 bits per heavy atom. The van der Waals surface area contributed by atoms with Gasteiger partial charge in [0.2, 0.25) is 10.0 Å². The second-order valence-electron chi connectivity index (χ2n) is 5.33. The van der Waals surface area contributed by atoms with Crippen LogP contribution >= 0.6 is 0 Å². The predicted molar refractivity (Wildman–Crippen MR) is 86.1 cm³/mol. The Kier molecular flexibility index (Phi) is 6.57. The van der Waals surface area contributed by atoms with Gasteiger partial charge < -0.3 is 10.2 Å². The smallest absolute Gasteiger partial charge is 0.244 e. The first kappa shape index (κ1) is 17.9. The number of nitrogens with zero attached hydrogens (tertiary/aromatic N) is 3. The van der Waals surface area contributed by atoms with E-state index in [4.69, 9.17) is 0 Å². The Morgan fingerprint density at radius 2 is 1.95 bits per heavy atom. The van der Waals surface area contributed by atoms with Crippen molar-refractivity contribution >= 4 is 15.8 Å². The molecule has 0 bridgehead atoms. The molecular weight excluding hydrogens is 288 g/mol. The highest BCUT2D eigenvalue weighted by Crippen LogP contribution is 2.16. The van der Waals surface area contributed by atoms with Gasteiger partial charge in [-0.2, -0.15) is 0 Å². The van der Waals surface area contributed by atoms with Crippen LogP contribution in [0.2, 0.25) is 0 Å². The van der Waals surface area contributed by atoms with Gasteiger partial charge in [-0.25, -0.2) is 17.7 Å². The predicted octanol–water partition coefficient (Wildman–Crippen LogP) is 1.16. The van der Waals surface area contributed by atoms with Crippen LogP contribution in [0.3, 0.4) is 0 Å². The first-order valence-corrected chi connectivity index (χ1v) is 8.60. The second-order valence-corrected chi connectivity index (χ2v) is 7.48. The van der Waals surface area contributed by atoms with Gasteiger partial charge in [0.1, 0.15) is 10.7 Å². The molecule has 0 fully saturated rings. The van der Waals surface area contributed by atoms with Crippen LogP contribution in [0.25, 0.3) is 0 Å². The van der Waals surface area contributed by atoms with E-state index in [-0.39, 0.29) is 4.90 Å². The molecule has 0 aliphatic rings. The SMILES string of the molecule is CCN(CCNC(C)C)c1ccc(S(=O)(=O)N(C)C)cn1. The molecule has 0 aromatic carbocycles. The Bertz CT molecular complexity index is 526. The zero-order valence-corrected chi connectivity index (χ0v) is 14.3. The normalized spacial score (nSPS) is 12.1. The number of nitrogens with one attached hydrogen (secondary N) is 1. The quantitative estimate of drug-likeness (QED) is 0.780. The summed E-state index contributed by atoms with van der Waals surface area (Å²) in [5, 5.41) is 3.36. The molecule has 7 heteroatoms. The average Bonchev–Trinajstić information content (AvgIpc) is 2.43. The van der Waals surface area contributed by atoms with Gasteiger partial charge in [0.05, 0.1) is 0 Å². The highest BCUT2D eigenvalue weighted by Gasteiger charge is 2.18. The summed E-state index contributed by atoms with van der Waals surface area (Å²) in [6.45, 7) is 8.80. The minimum absolute atomic E-state index is 0.215. The molecule has 120 valence electrons. The van der Waals surface area contributed by atoms with Crippen molar-refractivity contribution in [2.45, 2.75) is 31.7 Å². The molecule has 0 atom stereocenters. The Morgan fingerprint density at radius 1 is 1.29 bits per heavy atom. The van der Waals surface area contributed by atoms with Crippen molar-refractivity contribution < 1.29 is 8.42 Å². The van der Waals surface area contributed by atoms with Gasteiger partial charge in [0, 0.05) is 46.0 Å². The van der Waals surface area contributed by atoms with E-state index in [1.165, 1.54) is 24.6 Å². The summed E-state index contributed by atoms with van der Waals surface area (Å²) >= 11 is 0. The van der Waals surface area contributed by atoms with Crippen molar-refractivity contribution in [2.24, 2.45) is 0 Å². The highest BCUT2D eigenvalue weighted by molar-refractivity contribution is 7.89. The molecule has 6 nitrogen and oxygen atoms in total. The fourth-order valence-corrected chi connectivity index (χ4v) is 2.69. The number of hydrogen-bond donors (Lipinski definition) is 1. The average molecular weight is 314 g/mol. The Hall–Kier alpha value is -1.18. The lowest BCUT2D eigenvalue weighted by Gasteiger charge is -2.23. The van der Waals surface area contributed by atoms with Gasteiger partial charge in [-0.15, -0.1) is 0 Å². The lowest BCUT2D eigenvalue weighted by atomic mass is 10.3. The molecule has 1 N–H and O–H groups in total. The van der Waals surface area contributed by atoms with Gasteiger partial charge in [0.25, 0.3) is 0 Å². The van der Waals surface area contributed by atoms with Crippen molar-refractivity contribution in [3.8, 4) is 0 Å². The third-order valence-electron chi connectivity index (χ3n) is 3.14. The fourth-order valence-electron chi connectivity index (χ4n) is 1.85. The molecule has 1 aromatic rings. The monoisotopic (exact) mass is 314 g/mol. The number of rotatable bonds is 8. The van der Waals surface area contributed by atoms with Crippen LogP contribution in [-0.2, 0) is 10.0 Å². The number of aromatic nitrogens is 1. The Labute approximate surface area is 128 Å². The van der Waals surface area contributed by atoms with Gasteiger partial charge in [-0.05, 0) is 19.1 Å². The van der Waals surface area contributed by atoms with E-state index in [1.54, 1.807) is 12.1 Å². The maximum Gasteiger partial charge on any atom is 0.244 e. The van der Waals surface area contributed by atoms with E-state index in [0.29, 0.717) is 6.04 Å². The van der Waals surface area contributed by atoms with Crippen LogP contribution in [0.1, 0.15) is 20.8 Å². The summed E-state index contributed by atoms with van der Waals surface area (Å²) in [7, 11) is -0.388. The van der Waals surface area contributed by atoms with Crippen molar-refractivity contribution in [1.29, 1.82) is 0 Å². The summed E-state index contributed by atoms with van der Waals surface area (Å²) in [5.74, 6) is 0.792. The number of anilines is 1. The fraction of sp³-hybridized carbons (Fsp3) is 0.643. The lowest BCUT2D eigenvalue weighted by Crippen LogP contribution is -2.35. The first-order valence-electron chi connectivity index (χ1n) is 7.16. The van der Waals surface area contributed by atoms with Crippen molar-refractivity contribution in [2.75, 3.05) is 38.6 Å². The van der Waals surface area contributed by atoms with Gasteiger partial charge >= 0.3 is 0 Å². The molecule has 0 amide bonds. The van der Waals surface area contributed by atoms with E-state index < -0.39 is 10.0 Å². The van der Waals surface area contributed by atoms with E-state index in [1.807, 2.05) is 0 Å². The minimum Gasteiger partial charge on any atom is -0.356 e. The Balaban J connectivity index is 2.80. The summed E-state index contributed by atoms with van der Waals surface area (Å²) in [4.78, 5) is 6.62. The van der Waals surface area contributed by atoms with Crippen molar-refractivity contribution in [1.82, 2.24) is 14.6 Å². The molecule has 1 aromatic heterocycles. The summed E-state index contributed by atoms with van der Waals surface area (Å²) in [5.41, 5.74) is 0. The summed E-state index contributed by atoms with van der Waals surface area (Å²) in [6, 6.07) is 3.81. The van der Waals surface area contributed by atoms with Crippen LogP contribution < -0.4 is 10.2 Å². The lowest BCUT2D eigenvalue weighted by molar-refractivity contribution is 0.520. The largest absolute Gasteiger partial charge is 0.356 e. The summed E-state index contributed by atoms with van der Waals surface area (Å²) < 4.78 is 25.2. The molecule has 21 heavy (non-hydrogen) atoms. The molecule has 0 spiro atoms. The van der Waals surface area contributed by atoms with Gasteiger partial charge in [-0.1, -0.05) is 13.8 Å². The van der Waals surface area contributed by atoms with E-state index in [0.717, 1.165) is 25.5 Å². The van der Waals surface area contributed by atoms with Crippen molar-refractivity contribution in [3.05, 3.63) is 18.3 Å². The third kappa shape index (κ3) is 4.94. The number of pyridine rings is 1. The van der Waals surface area contributed by atoms with E-state index in [2.05, 4.69) is 36.0 Å². The minimum atomic E-state index is -3.41. The first-order chi connectivity index (χ1) is 9.78. The van der Waals surface area contributed by atoms with Crippen LogP contribution in [0.15, 0.2) is 23.2 Å². The topological polar surface area (TPSA) is 65.5 Å². The molecule has 1 heterocycles. The van der Waals surface area contributed by atoms with E-state index in [9.17, 15) is 8.42 Å². The standard InChI is InChI=1S/C14H26N4O2S/c1-6-18(10-9-15-12(2)3)14-8-7-13(11-16-14)21(19,20)17(4)5/h7-8,11-12,15H,6,9-10H2,1-5H3. The number of likely N-dealkylation sites (N-methyl/N-ethyl adjacent to an activating group) is 1. The van der Waals surface area contributed by atoms with Crippen LogP contribution in [-0.4, -0.2) is 57.5 Å². The van der Waals surface area contributed by atoms with Gasteiger partial charge in [0.15, 0.2) is 0 Å². The molecule has 0 saturated carbocycles. The molecule has 0 saturated heterocycles. The maximum atomic E-state index is 12.0. The molecular formula is C14H26N4O2S. The summed E-state index contributed by atoms with van der Waals surface area (Å²) in [6.07, 6.45) is 1.42. The third-order valence-corrected chi connectivity index (χ3v) is 4.94. The van der Waals surface area contributed by atoms with Crippen LogP contribution in [0.4, 0.5) is 5.82 Å². The molecule has 1 rings (SSSR count). The second kappa shape index (κ2) is 7.72. The molecule has 0 aliphatic heterocycles. The number of hydrogen-bond acceptors (Lipinski definition) is 5. The van der Waals surface area contributed by atoms with Crippen LogP contribution in [0, 0.1) is 0 Å².